The van der Waals surface area contributed by atoms with Crippen LogP contribution in [0, 0.1) is 0 Å². The lowest BCUT2D eigenvalue weighted by molar-refractivity contribution is -0.123. The summed E-state index contributed by atoms with van der Waals surface area (Å²) in [5.74, 6) is 2.05. The number of hydrogen-bond acceptors (Lipinski definition) is 4. The molecule has 1 amide bonds. The quantitative estimate of drug-likeness (QED) is 0.568. The van der Waals surface area contributed by atoms with Crippen molar-refractivity contribution in [2.24, 2.45) is 0 Å². The van der Waals surface area contributed by atoms with Crippen molar-refractivity contribution in [1.29, 1.82) is 0 Å². The van der Waals surface area contributed by atoms with Gasteiger partial charge in [-0.2, -0.15) is 0 Å². The van der Waals surface area contributed by atoms with Crippen molar-refractivity contribution in [3.05, 3.63) is 96.1 Å². The molecule has 170 valence electrons. The summed E-state index contributed by atoms with van der Waals surface area (Å²) in [6.07, 6.45) is 2.23. The third-order valence-corrected chi connectivity index (χ3v) is 6.79. The molecule has 3 aromatic rings. The van der Waals surface area contributed by atoms with Crippen molar-refractivity contribution >= 4 is 5.91 Å². The first kappa shape index (κ1) is 21.7. The van der Waals surface area contributed by atoms with Crippen LogP contribution < -0.4 is 10.1 Å². The van der Waals surface area contributed by atoms with E-state index in [0.29, 0.717) is 38.4 Å². The van der Waals surface area contributed by atoms with Crippen molar-refractivity contribution in [2.75, 3.05) is 19.6 Å². The summed E-state index contributed by atoms with van der Waals surface area (Å²) in [6.45, 7) is 1.77. The molecule has 1 aliphatic carbocycles. The Kier molecular flexibility index (Phi) is 6.16. The van der Waals surface area contributed by atoms with Crippen LogP contribution in [0.15, 0.2) is 84.9 Å². The Bertz CT molecular complexity index is 1060. The van der Waals surface area contributed by atoms with E-state index in [1.165, 1.54) is 5.56 Å². The first-order valence-electron chi connectivity index (χ1n) is 11.7. The summed E-state index contributed by atoms with van der Waals surface area (Å²) in [6, 6.07) is 28.0. The van der Waals surface area contributed by atoms with Gasteiger partial charge in [0.05, 0.1) is 12.1 Å². The second kappa shape index (κ2) is 9.38. The number of nitrogens with zero attached hydrogens (tertiary/aromatic N) is 1. The molecule has 0 spiro atoms. The predicted octanol–water partition coefficient (Wildman–Crippen LogP) is 4.43. The van der Waals surface area contributed by atoms with Crippen LogP contribution in [0.1, 0.15) is 36.3 Å². The molecule has 5 rings (SSSR count). The highest BCUT2D eigenvalue weighted by molar-refractivity contribution is 5.79. The number of carbonyl (C=O) groups excluding carboxylic acids is 1. The molecule has 5 nitrogen and oxygen atoms in total. The number of benzene rings is 3. The van der Waals surface area contributed by atoms with Gasteiger partial charge < -0.3 is 15.2 Å². The number of piperidine rings is 1. The fourth-order valence-electron chi connectivity index (χ4n) is 4.71. The number of ether oxygens (including phenoxy) is 1. The number of hydrogen-bond donors (Lipinski definition) is 2. The van der Waals surface area contributed by atoms with Crippen molar-refractivity contribution in [3.63, 3.8) is 0 Å². The monoisotopic (exact) mass is 442 g/mol. The van der Waals surface area contributed by atoms with Crippen LogP contribution in [-0.2, 0) is 10.4 Å². The Morgan fingerprint density at radius 1 is 0.909 bits per heavy atom. The number of rotatable bonds is 7. The minimum Gasteiger partial charge on any atom is -0.457 e. The molecule has 1 saturated heterocycles. The maximum absolute atomic E-state index is 12.5. The molecular weight excluding hydrogens is 412 g/mol. The Hall–Kier alpha value is -3.15. The van der Waals surface area contributed by atoms with E-state index in [9.17, 15) is 9.90 Å². The number of aliphatic hydroxyl groups is 1. The van der Waals surface area contributed by atoms with Gasteiger partial charge in [0.2, 0.25) is 5.91 Å². The molecule has 1 saturated carbocycles. The molecular formula is C28H30N2O3. The first-order chi connectivity index (χ1) is 16.1. The first-order valence-corrected chi connectivity index (χ1v) is 11.7. The average molecular weight is 443 g/mol. The van der Waals surface area contributed by atoms with Crippen LogP contribution in [0.4, 0.5) is 0 Å². The lowest BCUT2D eigenvalue weighted by atomic mass is 9.84. The number of amides is 1. The minimum atomic E-state index is -0.868. The Morgan fingerprint density at radius 2 is 1.52 bits per heavy atom. The van der Waals surface area contributed by atoms with Crippen LogP contribution in [-0.4, -0.2) is 41.6 Å². The number of likely N-dealkylation sites (tertiary alicyclic amines) is 1. The maximum Gasteiger partial charge on any atom is 0.234 e. The summed E-state index contributed by atoms with van der Waals surface area (Å²) in [7, 11) is 0. The van der Waals surface area contributed by atoms with Gasteiger partial charge in [0, 0.05) is 25.0 Å². The van der Waals surface area contributed by atoms with Crippen LogP contribution >= 0.6 is 0 Å². The summed E-state index contributed by atoms with van der Waals surface area (Å²) in [5, 5.41) is 14.4. The topological polar surface area (TPSA) is 61.8 Å². The van der Waals surface area contributed by atoms with Gasteiger partial charge in [-0.25, -0.2) is 0 Å². The molecule has 1 heterocycles. The summed E-state index contributed by atoms with van der Waals surface area (Å²) in [5.41, 5.74) is 1.33. The minimum absolute atomic E-state index is 0.0753. The molecule has 0 radical (unpaired) electrons. The van der Waals surface area contributed by atoms with E-state index in [2.05, 4.69) is 22.3 Å². The summed E-state index contributed by atoms with van der Waals surface area (Å²) < 4.78 is 5.85. The predicted molar refractivity (Wildman–Crippen MR) is 128 cm³/mol. The molecule has 2 aliphatic rings. The van der Waals surface area contributed by atoms with E-state index < -0.39 is 5.60 Å². The highest BCUT2D eigenvalue weighted by atomic mass is 16.5. The van der Waals surface area contributed by atoms with E-state index in [4.69, 9.17) is 4.74 Å². The van der Waals surface area contributed by atoms with Gasteiger partial charge >= 0.3 is 0 Å². The molecule has 2 N–H and O–H groups in total. The second-order valence-electron chi connectivity index (χ2n) is 9.17. The Morgan fingerprint density at radius 3 is 2.18 bits per heavy atom. The molecule has 0 bridgehead atoms. The molecule has 2 fully saturated rings. The fourth-order valence-corrected chi connectivity index (χ4v) is 4.71. The summed E-state index contributed by atoms with van der Waals surface area (Å²) in [4.78, 5) is 14.7. The van der Waals surface area contributed by atoms with E-state index in [0.717, 1.165) is 23.5 Å². The third-order valence-electron chi connectivity index (χ3n) is 6.79. The molecule has 1 aliphatic heterocycles. The van der Waals surface area contributed by atoms with Crippen molar-refractivity contribution in [2.45, 2.75) is 36.8 Å². The van der Waals surface area contributed by atoms with Crippen LogP contribution in [0.2, 0.25) is 0 Å². The Balaban J connectivity index is 1.09. The van der Waals surface area contributed by atoms with Crippen molar-refractivity contribution in [1.82, 2.24) is 10.2 Å². The van der Waals surface area contributed by atoms with Gasteiger partial charge in [0.15, 0.2) is 0 Å². The smallest absolute Gasteiger partial charge is 0.234 e. The molecule has 33 heavy (non-hydrogen) atoms. The van der Waals surface area contributed by atoms with Gasteiger partial charge in [-0.05, 0) is 54.7 Å². The van der Waals surface area contributed by atoms with Crippen LogP contribution in [0.3, 0.4) is 0 Å². The van der Waals surface area contributed by atoms with Crippen LogP contribution in [0.5, 0.6) is 11.5 Å². The molecule has 0 aromatic heterocycles. The van der Waals surface area contributed by atoms with E-state index in [-0.39, 0.29) is 11.9 Å². The SMILES string of the molecule is O=C(CN1CCC(O)(c2ccc(Oc3ccccc3)cc2)CC1)NC1CC1c1ccccc1. The number of carbonyl (C=O) groups is 1. The molecule has 2 unspecified atom stereocenters. The molecule has 3 aromatic carbocycles. The second-order valence-corrected chi connectivity index (χ2v) is 9.17. The van der Waals surface area contributed by atoms with Crippen molar-refractivity contribution in [3.8, 4) is 11.5 Å². The molecule has 2 atom stereocenters. The van der Waals surface area contributed by atoms with E-state index >= 15 is 0 Å². The number of nitrogens with one attached hydrogen (secondary N) is 1. The zero-order chi connectivity index (χ0) is 22.7. The van der Waals surface area contributed by atoms with Gasteiger partial charge in [-0.1, -0.05) is 60.7 Å². The fraction of sp³-hybridized carbons (Fsp3) is 0.321. The number of para-hydroxylation sites is 1. The van der Waals surface area contributed by atoms with Gasteiger partial charge in [-0.15, -0.1) is 0 Å². The molecule has 5 heteroatoms. The van der Waals surface area contributed by atoms with E-state index in [1.807, 2.05) is 72.8 Å². The van der Waals surface area contributed by atoms with Crippen LogP contribution in [0.25, 0.3) is 0 Å². The highest BCUT2D eigenvalue weighted by Crippen LogP contribution is 2.40. The average Bonchev–Trinajstić information content (AvgIpc) is 3.61. The zero-order valence-corrected chi connectivity index (χ0v) is 18.7. The van der Waals surface area contributed by atoms with Crippen molar-refractivity contribution < 1.29 is 14.6 Å². The zero-order valence-electron chi connectivity index (χ0n) is 18.7. The van der Waals surface area contributed by atoms with Gasteiger partial charge in [0.25, 0.3) is 0 Å². The maximum atomic E-state index is 12.5. The lowest BCUT2D eigenvalue weighted by Gasteiger charge is -2.38. The lowest BCUT2D eigenvalue weighted by Crippen LogP contribution is -2.46. The standard InChI is InChI=1S/C28H30N2O3/c31-27(29-26-19-25(26)21-7-3-1-4-8-21)20-30-17-15-28(32,16-18-30)22-11-13-24(14-12-22)33-23-9-5-2-6-10-23/h1-14,25-26,32H,15-20H2,(H,29,31). The van der Waals surface area contributed by atoms with Gasteiger partial charge in [0.1, 0.15) is 11.5 Å². The summed E-state index contributed by atoms with van der Waals surface area (Å²) >= 11 is 0. The Labute approximate surface area is 195 Å². The van der Waals surface area contributed by atoms with E-state index in [1.54, 1.807) is 0 Å². The van der Waals surface area contributed by atoms with Gasteiger partial charge in [-0.3, -0.25) is 9.69 Å². The third kappa shape index (κ3) is 5.27. The largest absolute Gasteiger partial charge is 0.457 e. The normalized spacial score (nSPS) is 21.8. The highest BCUT2D eigenvalue weighted by Gasteiger charge is 2.40.